The quantitative estimate of drug-likeness (QED) is 0.864. The maximum Gasteiger partial charge on any atom is 0.254 e. The topological polar surface area (TPSA) is 49.4 Å². The molecule has 3 unspecified atom stereocenters. The van der Waals surface area contributed by atoms with Gasteiger partial charge in [-0.05, 0) is 66.5 Å². The van der Waals surface area contributed by atoms with Crippen LogP contribution in [-0.2, 0) is 11.2 Å². The summed E-state index contributed by atoms with van der Waals surface area (Å²) in [5, 5.41) is 5.07. The molecule has 2 aromatic rings. The third-order valence-corrected chi connectivity index (χ3v) is 6.58. The number of hydrogen-bond donors (Lipinski definition) is 1. The van der Waals surface area contributed by atoms with Gasteiger partial charge in [-0.15, -0.1) is 11.3 Å². The van der Waals surface area contributed by atoms with Crippen LogP contribution in [0.4, 0.5) is 5.69 Å². The highest BCUT2D eigenvalue weighted by Crippen LogP contribution is 2.38. The standard InChI is InChI=1S/C21H24N2O2S/c1-3-18-16-9-11-26-19(16)8-10-23(18)21(25)14-4-6-15(7-5-14)22-20(24)17-12-13(17)2/h4-7,9,11,13,17-18H,3,8,10,12H2,1-2H3,(H,22,24). The van der Waals surface area contributed by atoms with Crippen LogP contribution in [0.3, 0.4) is 0 Å². The molecule has 0 radical (unpaired) electrons. The molecule has 1 fully saturated rings. The van der Waals surface area contributed by atoms with Crippen LogP contribution in [0.2, 0.25) is 0 Å². The molecule has 1 N–H and O–H groups in total. The predicted molar refractivity (Wildman–Crippen MR) is 104 cm³/mol. The third kappa shape index (κ3) is 3.16. The highest BCUT2D eigenvalue weighted by Gasteiger charge is 2.39. The number of nitrogens with zero attached hydrogens (tertiary/aromatic N) is 1. The molecule has 0 spiro atoms. The normalized spacial score (nSPS) is 24.1. The van der Waals surface area contributed by atoms with Gasteiger partial charge in [-0.3, -0.25) is 9.59 Å². The summed E-state index contributed by atoms with van der Waals surface area (Å²) in [6, 6.07) is 9.63. The van der Waals surface area contributed by atoms with E-state index in [0.29, 0.717) is 11.5 Å². The summed E-state index contributed by atoms with van der Waals surface area (Å²) in [5.41, 5.74) is 2.75. The summed E-state index contributed by atoms with van der Waals surface area (Å²) in [6.45, 7) is 4.99. The van der Waals surface area contributed by atoms with Gasteiger partial charge in [0.1, 0.15) is 0 Å². The molecular formula is C21H24N2O2S. The summed E-state index contributed by atoms with van der Waals surface area (Å²) in [4.78, 5) is 28.5. The summed E-state index contributed by atoms with van der Waals surface area (Å²) in [7, 11) is 0. The molecule has 3 atom stereocenters. The maximum atomic E-state index is 13.0. The molecule has 2 amide bonds. The Kier molecular flexibility index (Phi) is 4.57. The van der Waals surface area contributed by atoms with Gasteiger partial charge in [-0.2, -0.15) is 0 Å². The third-order valence-electron chi connectivity index (χ3n) is 5.59. The summed E-state index contributed by atoms with van der Waals surface area (Å²) < 4.78 is 0. The highest BCUT2D eigenvalue weighted by atomic mass is 32.1. The minimum Gasteiger partial charge on any atom is -0.331 e. The second kappa shape index (κ2) is 6.88. The fraction of sp³-hybridized carbons (Fsp3) is 0.429. The van der Waals surface area contributed by atoms with Crippen molar-refractivity contribution >= 4 is 28.8 Å². The van der Waals surface area contributed by atoms with Crippen molar-refractivity contribution in [3.8, 4) is 0 Å². The molecule has 0 saturated heterocycles. The first-order chi connectivity index (χ1) is 12.6. The number of thiophene rings is 1. The van der Waals surface area contributed by atoms with Gasteiger partial charge in [-0.25, -0.2) is 0 Å². The Bertz CT molecular complexity index is 827. The number of amides is 2. The SMILES string of the molecule is CCC1c2ccsc2CCN1C(=O)c1ccc(NC(=O)C2CC2C)cc1. The first-order valence-electron chi connectivity index (χ1n) is 9.36. The summed E-state index contributed by atoms with van der Waals surface area (Å²) in [5.74, 6) is 0.795. The number of carbonyl (C=O) groups excluding carboxylic acids is 2. The Hall–Kier alpha value is -2.14. The van der Waals surface area contributed by atoms with Crippen molar-refractivity contribution in [1.29, 1.82) is 0 Å². The monoisotopic (exact) mass is 368 g/mol. The summed E-state index contributed by atoms with van der Waals surface area (Å²) in [6.07, 6.45) is 2.83. The fourth-order valence-electron chi connectivity index (χ4n) is 3.86. The molecule has 2 aliphatic rings. The molecule has 1 aliphatic carbocycles. The van der Waals surface area contributed by atoms with Crippen molar-refractivity contribution in [2.75, 3.05) is 11.9 Å². The molecule has 4 nitrogen and oxygen atoms in total. The molecule has 1 aromatic carbocycles. The lowest BCUT2D eigenvalue weighted by Gasteiger charge is -2.35. The number of hydrogen-bond acceptors (Lipinski definition) is 3. The summed E-state index contributed by atoms with van der Waals surface area (Å²) >= 11 is 1.79. The molecule has 2 heterocycles. The fourth-order valence-corrected chi connectivity index (χ4v) is 4.79. The average molecular weight is 369 g/mol. The second-order valence-corrected chi connectivity index (χ2v) is 8.36. The highest BCUT2D eigenvalue weighted by molar-refractivity contribution is 7.10. The van der Waals surface area contributed by atoms with Crippen LogP contribution in [0.25, 0.3) is 0 Å². The number of anilines is 1. The first-order valence-corrected chi connectivity index (χ1v) is 10.2. The van der Waals surface area contributed by atoms with Crippen molar-refractivity contribution in [1.82, 2.24) is 4.90 Å². The van der Waals surface area contributed by atoms with E-state index in [1.807, 2.05) is 29.2 Å². The zero-order valence-electron chi connectivity index (χ0n) is 15.2. The number of benzene rings is 1. The number of fused-ring (bicyclic) bond motifs is 1. The molecule has 1 aliphatic heterocycles. The van der Waals surface area contributed by atoms with E-state index in [-0.39, 0.29) is 23.8 Å². The molecule has 5 heteroatoms. The zero-order chi connectivity index (χ0) is 18.3. The van der Waals surface area contributed by atoms with Crippen LogP contribution in [0, 0.1) is 11.8 Å². The Morgan fingerprint density at radius 2 is 1.96 bits per heavy atom. The van der Waals surface area contributed by atoms with Crippen molar-refractivity contribution < 1.29 is 9.59 Å². The van der Waals surface area contributed by atoms with E-state index in [4.69, 9.17) is 0 Å². The first kappa shape index (κ1) is 17.3. The van der Waals surface area contributed by atoms with Crippen LogP contribution >= 0.6 is 11.3 Å². The largest absolute Gasteiger partial charge is 0.331 e. The van der Waals surface area contributed by atoms with E-state index >= 15 is 0 Å². The van der Waals surface area contributed by atoms with E-state index in [1.165, 1.54) is 10.4 Å². The van der Waals surface area contributed by atoms with E-state index in [2.05, 4.69) is 30.6 Å². The lowest BCUT2D eigenvalue weighted by molar-refractivity contribution is -0.117. The lowest BCUT2D eigenvalue weighted by atomic mass is 9.97. The molecule has 26 heavy (non-hydrogen) atoms. The number of carbonyl (C=O) groups is 2. The molecule has 1 saturated carbocycles. The molecule has 4 rings (SSSR count). The Morgan fingerprint density at radius 3 is 2.62 bits per heavy atom. The molecular weight excluding hydrogens is 344 g/mol. The molecule has 0 bridgehead atoms. The molecule has 1 aromatic heterocycles. The Labute approximate surface area is 158 Å². The van der Waals surface area contributed by atoms with Crippen molar-refractivity contribution in [3.63, 3.8) is 0 Å². The van der Waals surface area contributed by atoms with Crippen molar-refractivity contribution in [2.24, 2.45) is 11.8 Å². The van der Waals surface area contributed by atoms with E-state index in [0.717, 1.165) is 31.5 Å². The van der Waals surface area contributed by atoms with Gasteiger partial charge in [0.25, 0.3) is 5.91 Å². The van der Waals surface area contributed by atoms with E-state index in [9.17, 15) is 9.59 Å². The van der Waals surface area contributed by atoms with Gasteiger partial charge in [0.2, 0.25) is 5.91 Å². The van der Waals surface area contributed by atoms with Gasteiger partial charge in [-0.1, -0.05) is 13.8 Å². The minimum absolute atomic E-state index is 0.0717. The zero-order valence-corrected chi connectivity index (χ0v) is 16.0. The van der Waals surface area contributed by atoms with Crippen molar-refractivity contribution in [3.05, 3.63) is 51.7 Å². The van der Waals surface area contributed by atoms with Gasteiger partial charge < -0.3 is 10.2 Å². The molecule has 136 valence electrons. The van der Waals surface area contributed by atoms with Gasteiger partial charge >= 0.3 is 0 Å². The number of nitrogens with one attached hydrogen (secondary N) is 1. The van der Waals surface area contributed by atoms with Crippen LogP contribution in [0.1, 0.15) is 53.5 Å². The predicted octanol–water partition coefficient (Wildman–Crippen LogP) is 4.49. The van der Waals surface area contributed by atoms with Crippen molar-refractivity contribution in [2.45, 2.75) is 39.2 Å². The van der Waals surface area contributed by atoms with Crippen LogP contribution < -0.4 is 5.32 Å². The van der Waals surface area contributed by atoms with Gasteiger partial charge in [0, 0.05) is 28.6 Å². The van der Waals surface area contributed by atoms with Gasteiger partial charge in [0.15, 0.2) is 0 Å². The Morgan fingerprint density at radius 1 is 1.23 bits per heavy atom. The van der Waals surface area contributed by atoms with Crippen LogP contribution in [0.15, 0.2) is 35.7 Å². The van der Waals surface area contributed by atoms with Crippen LogP contribution in [-0.4, -0.2) is 23.3 Å². The second-order valence-electron chi connectivity index (χ2n) is 7.36. The lowest BCUT2D eigenvalue weighted by Crippen LogP contribution is -2.39. The van der Waals surface area contributed by atoms with E-state index < -0.39 is 0 Å². The van der Waals surface area contributed by atoms with Crippen LogP contribution in [0.5, 0.6) is 0 Å². The van der Waals surface area contributed by atoms with E-state index in [1.54, 1.807) is 11.3 Å². The average Bonchev–Trinajstić information content (AvgIpc) is 3.20. The van der Waals surface area contributed by atoms with Gasteiger partial charge in [0.05, 0.1) is 6.04 Å². The minimum atomic E-state index is 0.0717. The smallest absolute Gasteiger partial charge is 0.254 e. The Balaban J connectivity index is 1.47. The number of rotatable bonds is 4. The maximum absolute atomic E-state index is 13.0.